The molecule has 4 heterocycles. The van der Waals surface area contributed by atoms with Gasteiger partial charge in [0.05, 0.1) is 0 Å². The van der Waals surface area contributed by atoms with Crippen LogP contribution in [0.3, 0.4) is 0 Å². The van der Waals surface area contributed by atoms with E-state index in [1.807, 2.05) is 12.1 Å². The molecule has 1 atom stereocenters. The molecule has 3 aliphatic rings. The molecule has 1 unspecified atom stereocenters. The Morgan fingerprint density at radius 3 is 2.22 bits per heavy atom. The monoisotopic (exact) mass is 541 g/mol. The van der Waals surface area contributed by atoms with Crippen LogP contribution in [0.2, 0.25) is 0 Å². The van der Waals surface area contributed by atoms with E-state index in [2.05, 4.69) is 120 Å². The van der Waals surface area contributed by atoms with E-state index < -0.39 is 7.02 Å². The minimum atomic E-state index is -3.02. The lowest BCUT2D eigenvalue weighted by molar-refractivity contribution is 0.595. The third-order valence-electron chi connectivity index (χ3n) is 9.24. The fourth-order valence-electron chi connectivity index (χ4n) is 7.56. The molecule has 0 saturated carbocycles. The molecule has 190 valence electrons. The van der Waals surface area contributed by atoms with Crippen molar-refractivity contribution in [3.05, 3.63) is 127 Å². The molecule has 5 heteroatoms. The van der Waals surface area contributed by atoms with Gasteiger partial charge >= 0.3 is 6.57 Å². The SMILES string of the molecule is O=P12B3c4ccccc4-c4ccccc4N3c3cccc(c31)-c1cc(-c3ccc4oc5ccccc5c4c3)ccc12. The number of furan rings is 1. The molecule has 10 rings (SSSR count). The third kappa shape index (κ3) is 2.60. The van der Waals surface area contributed by atoms with Gasteiger partial charge in [-0.05, 0) is 69.7 Å². The molecule has 0 saturated heterocycles. The lowest BCUT2D eigenvalue weighted by Gasteiger charge is -2.35. The molecule has 7 aromatic rings. The molecule has 0 radical (unpaired) electrons. The van der Waals surface area contributed by atoms with Crippen molar-refractivity contribution in [2.24, 2.45) is 0 Å². The average molecular weight is 541 g/mol. The van der Waals surface area contributed by atoms with Gasteiger partial charge in [0.1, 0.15) is 18.2 Å². The highest BCUT2D eigenvalue weighted by Gasteiger charge is 2.60. The number of rotatable bonds is 1. The number of hydrogen-bond donors (Lipinski definition) is 0. The predicted molar refractivity (Wildman–Crippen MR) is 171 cm³/mol. The molecule has 0 fully saturated rings. The first-order chi connectivity index (χ1) is 20.2. The number of benzene rings is 6. The van der Waals surface area contributed by atoms with Crippen LogP contribution in [0, 0.1) is 0 Å². The van der Waals surface area contributed by atoms with Gasteiger partial charge in [-0.2, -0.15) is 0 Å². The van der Waals surface area contributed by atoms with Gasteiger partial charge in [-0.3, -0.25) is 0 Å². The van der Waals surface area contributed by atoms with Crippen molar-refractivity contribution in [3.63, 3.8) is 0 Å². The Morgan fingerprint density at radius 2 is 1.27 bits per heavy atom. The maximum atomic E-state index is 15.7. The molecule has 0 aliphatic carbocycles. The summed E-state index contributed by atoms with van der Waals surface area (Å²) in [5.41, 5.74) is 12.0. The summed E-state index contributed by atoms with van der Waals surface area (Å²) in [5.74, 6) is 0. The van der Waals surface area contributed by atoms with E-state index in [4.69, 9.17) is 4.42 Å². The third-order valence-corrected chi connectivity index (χ3v) is 12.7. The summed E-state index contributed by atoms with van der Waals surface area (Å²) in [5, 5.41) is 4.22. The second-order valence-corrected chi connectivity index (χ2v) is 14.0. The van der Waals surface area contributed by atoms with Crippen LogP contribution in [-0.2, 0) is 4.57 Å². The van der Waals surface area contributed by atoms with Crippen molar-refractivity contribution < 1.29 is 8.98 Å². The highest BCUT2D eigenvalue weighted by Crippen LogP contribution is 2.65. The quantitative estimate of drug-likeness (QED) is 0.156. The van der Waals surface area contributed by atoms with Crippen LogP contribution in [0.15, 0.2) is 132 Å². The first kappa shape index (κ1) is 22.0. The summed E-state index contributed by atoms with van der Waals surface area (Å²) in [7, 11) is -3.02. The van der Waals surface area contributed by atoms with Crippen molar-refractivity contribution >= 4 is 63.0 Å². The van der Waals surface area contributed by atoms with Crippen molar-refractivity contribution in [2.45, 2.75) is 0 Å². The molecular formula is C36H21BNO2P. The van der Waals surface area contributed by atoms with Gasteiger partial charge in [-0.25, -0.2) is 0 Å². The predicted octanol–water partition coefficient (Wildman–Crippen LogP) is 8.07. The van der Waals surface area contributed by atoms with Gasteiger partial charge in [-0.15, -0.1) is 0 Å². The maximum absolute atomic E-state index is 15.7. The number of nitrogens with zero attached hydrogens (tertiary/aromatic N) is 1. The van der Waals surface area contributed by atoms with Crippen molar-refractivity contribution in [1.82, 2.24) is 0 Å². The molecule has 6 aromatic carbocycles. The smallest absolute Gasteiger partial charge is 0.377 e. The number of fused-ring (bicyclic) bond motifs is 14. The van der Waals surface area contributed by atoms with Crippen LogP contribution in [0.5, 0.6) is 0 Å². The minimum absolute atomic E-state index is 0.245. The average Bonchev–Trinajstić information content (AvgIpc) is 3.63. The van der Waals surface area contributed by atoms with E-state index >= 15 is 4.57 Å². The molecule has 0 N–H and O–H groups in total. The summed E-state index contributed by atoms with van der Waals surface area (Å²) in [6.45, 7) is -0.245. The molecule has 0 amide bonds. The van der Waals surface area contributed by atoms with Gasteiger partial charge < -0.3 is 13.8 Å². The lowest BCUT2D eigenvalue weighted by atomic mass is 9.69. The van der Waals surface area contributed by atoms with E-state index in [0.29, 0.717) is 0 Å². The zero-order valence-corrected chi connectivity index (χ0v) is 22.8. The summed E-state index contributed by atoms with van der Waals surface area (Å²) in [6.07, 6.45) is 0. The second kappa shape index (κ2) is 7.48. The van der Waals surface area contributed by atoms with Gasteiger partial charge in [0.25, 0.3) is 0 Å². The first-order valence-electron chi connectivity index (χ1n) is 14.0. The second-order valence-electron chi connectivity index (χ2n) is 11.2. The fourth-order valence-corrected chi connectivity index (χ4v) is 11.4. The Balaban J connectivity index is 1.21. The molecule has 41 heavy (non-hydrogen) atoms. The summed E-state index contributed by atoms with van der Waals surface area (Å²) >= 11 is 0. The van der Waals surface area contributed by atoms with Crippen molar-refractivity contribution in [1.29, 1.82) is 0 Å². The van der Waals surface area contributed by atoms with Crippen LogP contribution >= 0.6 is 7.02 Å². The summed E-state index contributed by atoms with van der Waals surface area (Å²) in [6, 6.07) is 44.6. The maximum Gasteiger partial charge on any atom is 0.377 e. The van der Waals surface area contributed by atoms with Crippen LogP contribution < -0.4 is 20.9 Å². The minimum Gasteiger partial charge on any atom is -0.456 e. The lowest BCUT2D eigenvalue weighted by Crippen LogP contribution is -2.48. The van der Waals surface area contributed by atoms with Crippen LogP contribution in [-0.4, -0.2) is 6.57 Å². The fraction of sp³-hybridized carbons (Fsp3) is 0. The van der Waals surface area contributed by atoms with E-state index in [0.717, 1.165) is 71.6 Å². The van der Waals surface area contributed by atoms with E-state index in [9.17, 15) is 0 Å². The van der Waals surface area contributed by atoms with Gasteiger partial charge in [0.15, 0.2) is 0 Å². The van der Waals surface area contributed by atoms with Gasteiger partial charge in [-0.1, -0.05) is 91.0 Å². The molecule has 3 nitrogen and oxygen atoms in total. The molecule has 0 spiro atoms. The van der Waals surface area contributed by atoms with E-state index in [1.54, 1.807) is 0 Å². The summed E-state index contributed by atoms with van der Waals surface area (Å²) in [4.78, 5) is 2.35. The van der Waals surface area contributed by atoms with Crippen LogP contribution in [0.1, 0.15) is 0 Å². The molecule has 0 bridgehead atoms. The van der Waals surface area contributed by atoms with Crippen molar-refractivity contribution in [2.75, 3.05) is 4.81 Å². The normalized spacial score (nSPS) is 17.4. The topological polar surface area (TPSA) is 33.5 Å². The Kier molecular flexibility index (Phi) is 4.01. The molecule has 1 aromatic heterocycles. The first-order valence-corrected chi connectivity index (χ1v) is 15.8. The number of para-hydroxylation sites is 2. The Bertz CT molecular complexity index is 2340. The highest BCUT2D eigenvalue weighted by molar-refractivity contribution is 8.09. The number of anilines is 2. The molecular weight excluding hydrogens is 520 g/mol. The van der Waals surface area contributed by atoms with Gasteiger partial charge in [0, 0.05) is 38.3 Å². The zero-order chi connectivity index (χ0) is 26.9. The zero-order valence-electron chi connectivity index (χ0n) is 21.9. The Hall–Kier alpha value is -4.79. The van der Waals surface area contributed by atoms with E-state index in [1.165, 1.54) is 11.1 Å². The van der Waals surface area contributed by atoms with Crippen molar-refractivity contribution in [3.8, 4) is 33.4 Å². The van der Waals surface area contributed by atoms with Crippen LogP contribution in [0.25, 0.3) is 55.3 Å². The standard InChI is InChI=1S/C36H21BNO2P/c39-41-35-19-17-23(22-16-18-34-28(20-22)26-10-3-6-15-33(26)40-34)21-29(35)27-11-7-14-32(36(27)41)38-31-13-5-2-9-25(31)24-8-1-4-12-30(24)37(38)41/h1-21H. The summed E-state index contributed by atoms with van der Waals surface area (Å²) < 4.78 is 21.8. The molecule has 3 aliphatic heterocycles. The Morgan fingerprint density at radius 1 is 0.561 bits per heavy atom. The largest absolute Gasteiger partial charge is 0.456 e. The highest BCUT2D eigenvalue weighted by atomic mass is 31.2. The van der Waals surface area contributed by atoms with E-state index in [-0.39, 0.29) is 6.57 Å². The van der Waals surface area contributed by atoms with Crippen LogP contribution in [0.4, 0.5) is 11.4 Å². The Labute approximate surface area is 237 Å². The number of hydrogen-bond acceptors (Lipinski definition) is 3. The van der Waals surface area contributed by atoms with Gasteiger partial charge in [0.2, 0.25) is 0 Å².